The highest BCUT2D eigenvalue weighted by atomic mass is 16.5. The highest BCUT2D eigenvalue weighted by Crippen LogP contribution is 2.21. The normalized spacial score (nSPS) is 10.5. The van der Waals surface area contributed by atoms with Crippen LogP contribution in [0.2, 0.25) is 0 Å². The van der Waals surface area contributed by atoms with Gasteiger partial charge in [0.15, 0.2) is 5.78 Å². The van der Waals surface area contributed by atoms with Crippen LogP contribution >= 0.6 is 0 Å². The molecular weight excluding hydrogens is 330 g/mol. The van der Waals surface area contributed by atoms with E-state index in [-0.39, 0.29) is 12.4 Å². The summed E-state index contributed by atoms with van der Waals surface area (Å²) in [6, 6.07) is 14.8. The van der Waals surface area contributed by atoms with Crippen molar-refractivity contribution in [3.8, 4) is 5.75 Å². The van der Waals surface area contributed by atoms with Gasteiger partial charge in [0.1, 0.15) is 12.4 Å². The monoisotopic (exact) mass is 353 g/mol. The van der Waals surface area contributed by atoms with Crippen LogP contribution in [0.1, 0.15) is 34.8 Å². The molecule has 26 heavy (non-hydrogen) atoms. The van der Waals surface area contributed by atoms with E-state index in [0.717, 1.165) is 11.1 Å². The van der Waals surface area contributed by atoms with Crippen LogP contribution in [0, 0.1) is 0 Å². The molecule has 0 unspecified atom stereocenters. The molecule has 0 bridgehead atoms. The molecule has 136 valence electrons. The summed E-state index contributed by atoms with van der Waals surface area (Å²) in [5.41, 5.74) is 2.40. The number of amides is 1. The number of carbonyl (C=O) groups is 2. The molecule has 2 aromatic rings. The van der Waals surface area contributed by atoms with E-state index in [4.69, 9.17) is 9.47 Å². The molecule has 1 N–H and O–H groups in total. The molecule has 0 radical (unpaired) electrons. The average molecular weight is 353 g/mol. The third-order valence-corrected chi connectivity index (χ3v) is 3.73. The number of methoxy groups -OCH3 is 1. The summed E-state index contributed by atoms with van der Waals surface area (Å²) < 4.78 is 10.4. The van der Waals surface area contributed by atoms with Gasteiger partial charge in [0.25, 0.3) is 0 Å². The number of hydrogen-bond acceptors (Lipinski definition) is 4. The fraction of sp³-hybridized carbons (Fsp3) is 0.238. The van der Waals surface area contributed by atoms with Gasteiger partial charge in [-0.15, -0.1) is 0 Å². The van der Waals surface area contributed by atoms with Crippen LogP contribution < -0.4 is 10.1 Å². The molecule has 0 saturated heterocycles. The van der Waals surface area contributed by atoms with Gasteiger partial charge >= 0.3 is 6.09 Å². The molecule has 5 heteroatoms. The number of rotatable bonds is 8. The number of Topliss-reactive ketones (excluding diaryl/α,β-unsaturated/α-hetero) is 1. The zero-order valence-corrected chi connectivity index (χ0v) is 15.0. The molecule has 2 aromatic carbocycles. The van der Waals surface area contributed by atoms with Crippen molar-refractivity contribution in [2.45, 2.75) is 20.0 Å². The second kappa shape index (κ2) is 10.0. The maximum atomic E-state index is 11.7. The van der Waals surface area contributed by atoms with E-state index in [2.05, 4.69) is 5.32 Å². The molecule has 0 fully saturated rings. The van der Waals surface area contributed by atoms with Crippen molar-refractivity contribution in [3.05, 3.63) is 71.3 Å². The smallest absolute Gasteiger partial charge is 0.407 e. The van der Waals surface area contributed by atoms with Gasteiger partial charge in [0.05, 0.1) is 7.11 Å². The van der Waals surface area contributed by atoms with E-state index in [1.54, 1.807) is 25.3 Å². The van der Waals surface area contributed by atoms with E-state index in [1.165, 1.54) is 6.92 Å². The third-order valence-electron chi connectivity index (χ3n) is 3.73. The van der Waals surface area contributed by atoms with E-state index < -0.39 is 6.09 Å². The van der Waals surface area contributed by atoms with Crippen LogP contribution in [0.5, 0.6) is 5.75 Å². The quantitative estimate of drug-likeness (QED) is 0.570. The summed E-state index contributed by atoms with van der Waals surface area (Å²) in [7, 11) is 1.59. The summed E-state index contributed by atoms with van der Waals surface area (Å²) in [6.45, 7) is 2.23. The summed E-state index contributed by atoms with van der Waals surface area (Å²) >= 11 is 0. The van der Waals surface area contributed by atoms with Gasteiger partial charge in [-0.05, 0) is 37.1 Å². The van der Waals surface area contributed by atoms with Crippen molar-refractivity contribution >= 4 is 18.0 Å². The number of hydrogen-bond donors (Lipinski definition) is 1. The Balaban J connectivity index is 1.77. The highest BCUT2D eigenvalue weighted by Gasteiger charge is 2.05. The molecule has 5 nitrogen and oxygen atoms in total. The summed E-state index contributed by atoms with van der Waals surface area (Å²) in [5.74, 6) is 0.701. The zero-order valence-electron chi connectivity index (χ0n) is 15.0. The van der Waals surface area contributed by atoms with Gasteiger partial charge in [0.2, 0.25) is 0 Å². The maximum Gasteiger partial charge on any atom is 0.407 e. The SMILES string of the molecule is COc1ccc(C(C)=O)cc1C=CCCNC(=O)OCc1ccccc1. The predicted molar refractivity (Wildman–Crippen MR) is 101 cm³/mol. The number of nitrogens with one attached hydrogen (secondary N) is 1. The van der Waals surface area contributed by atoms with Gasteiger partial charge in [-0.3, -0.25) is 4.79 Å². The number of carbonyl (C=O) groups excluding carboxylic acids is 2. The molecule has 0 saturated carbocycles. The number of ether oxygens (including phenoxy) is 2. The van der Waals surface area contributed by atoms with E-state index in [9.17, 15) is 9.59 Å². The van der Waals surface area contributed by atoms with Crippen LogP contribution in [-0.4, -0.2) is 25.5 Å². The first-order chi connectivity index (χ1) is 12.6. The molecule has 2 rings (SSSR count). The van der Waals surface area contributed by atoms with Gasteiger partial charge in [-0.2, -0.15) is 0 Å². The molecule has 0 aliphatic heterocycles. The molecule has 0 spiro atoms. The molecule has 0 heterocycles. The molecule has 0 aliphatic rings. The Kier molecular flexibility index (Phi) is 7.43. The van der Waals surface area contributed by atoms with Crippen molar-refractivity contribution in [1.82, 2.24) is 5.32 Å². The lowest BCUT2D eigenvalue weighted by atomic mass is 10.1. The summed E-state index contributed by atoms with van der Waals surface area (Å²) in [6.07, 6.45) is 3.98. The first-order valence-corrected chi connectivity index (χ1v) is 8.40. The maximum absolute atomic E-state index is 11.7. The topological polar surface area (TPSA) is 64.6 Å². The second-order valence-electron chi connectivity index (χ2n) is 5.69. The minimum atomic E-state index is -0.446. The zero-order chi connectivity index (χ0) is 18.8. The van der Waals surface area contributed by atoms with Crippen molar-refractivity contribution in [2.24, 2.45) is 0 Å². The first-order valence-electron chi connectivity index (χ1n) is 8.40. The van der Waals surface area contributed by atoms with Gasteiger partial charge in [-0.1, -0.05) is 42.5 Å². The van der Waals surface area contributed by atoms with Crippen molar-refractivity contribution in [3.63, 3.8) is 0 Å². The number of alkyl carbamates (subject to hydrolysis) is 1. The van der Waals surface area contributed by atoms with Gasteiger partial charge in [0, 0.05) is 17.7 Å². The minimum Gasteiger partial charge on any atom is -0.496 e. The van der Waals surface area contributed by atoms with Crippen LogP contribution in [0.25, 0.3) is 6.08 Å². The van der Waals surface area contributed by atoms with Crippen LogP contribution in [0.15, 0.2) is 54.6 Å². The first kappa shape index (κ1) is 19.2. The fourth-order valence-corrected chi connectivity index (χ4v) is 2.33. The van der Waals surface area contributed by atoms with Crippen molar-refractivity contribution < 1.29 is 19.1 Å². The highest BCUT2D eigenvalue weighted by molar-refractivity contribution is 5.95. The average Bonchev–Trinajstić information content (AvgIpc) is 2.66. The van der Waals surface area contributed by atoms with Crippen molar-refractivity contribution in [2.75, 3.05) is 13.7 Å². The Labute approximate surface area is 153 Å². The van der Waals surface area contributed by atoms with Gasteiger partial charge in [-0.25, -0.2) is 4.79 Å². The Bertz CT molecular complexity index is 769. The Morgan fingerprint density at radius 2 is 1.88 bits per heavy atom. The lowest BCUT2D eigenvalue weighted by Crippen LogP contribution is -2.24. The lowest BCUT2D eigenvalue weighted by molar-refractivity contribution is 0.101. The van der Waals surface area contributed by atoms with Gasteiger partial charge < -0.3 is 14.8 Å². The minimum absolute atomic E-state index is 0.00475. The predicted octanol–water partition coefficient (Wildman–Crippen LogP) is 4.23. The Morgan fingerprint density at radius 3 is 2.58 bits per heavy atom. The fourth-order valence-electron chi connectivity index (χ4n) is 2.33. The molecular formula is C21H23NO4. The number of benzene rings is 2. The van der Waals surface area contributed by atoms with Crippen LogP contribution in [0.3, 0.4) is 0 Å². The molecule has 0 atom stereocenters. The Morgan fingerprint density at radius 1 is 1.12 bits per heavy atom. The summed E-state index contributed by atoms with van der Waals surface area (Å²) in [5, 5.41) is 2.70. The van der Waals surface area contributed by atoms with E-state index in [1.807, 2.05) is 42.5 Å². The lowest BCUT2D eigenvalue weighted by Gasteiger charge is -2.07. The van der Waals surface area contributed by atoms with E-state index >= 15 is 0 Å². The summed E-state index contributed by atoms with van der Waals surface area (Å²) in [4.78, 5) is 23.1. The van der Waals surface area contributed by atoms with E-state index in [0.29, 0.717) is 24.3 Å². The van der Waals surface area contributed by atoms with Crippen LogP contribution in [-0.2, 0) is 11.3 Å². The third kappa shape index (κ3) is 6.09. The number of ketones is 1. The second-order valence-corrected chi connectivity index (χ2v) is 5.69. The molecule has 1 amide bonds. The largest absolute Gasteiger partial charge is 0.496 e. The van der Waals surface area contributed by atoms with Crippen molar-refractivity contribution in [1.29, 1.82) is 0 Å². The Hall–Kier alpha value is -3.08. The molecule has 0 aromatic heterocycles. The molecule has 0 aliphatic carbocycles. The standard InChI is InChI=1S/C21H23NO4/c1-16(23)18-11-12-20(25-2)19(14-18)10-6-7-13-22-21(24)26-15-17-8-4-3-5-9-17/h3-6,8-12,14H,7,13,15H2,1-2H3,(H,22,24). The van der Waals surface area contributed by atoms with Crippen LogP contribution in [0.4, 0.5) is 4.79 Å².